The van der Waals surface area contributed by atoms with E-state index in [2.05, 4.69) is 6.07 Å². The van der Waals surface area contributed by atoms with Crippen LogP contribution in [0.15, 0.2) is 54.6 Å². The van der Waals surface area contributed by atoms with Crippen molar-refractivity contribution in [2.24, 2.45) is 5.92 Å². The average Bonchev–Trinajstić information content (AvgIpc) is 3.34. The van der Waals surface area contributed by atoms with Gasteiger partial charge < -0.3 is 14.4 Å². The first kappa shape index (κ1) is 28.7. The summed E-state index contributed by atoms with van der Waals surface area (Å²) < 4.78 is 39.8. The smallest absolute Gasteiger partial charge is 0.410 e. The Morgan fingerprint density at radius 1 is 1.02 bits per heavy atom. The van der Waals surface area contributed by atoms with Crippen LogP contribution in [0.1, 0.15) is 63.3 Å². The normalized spacial score (nSPS) is 17.8. The fourth-order valence-electron chi connectivity index (χ4n) is 5.59. The van der Waals surface area contributed by atoms with E-state index in [4.69, 9.17) is 9.47 Å². The van der Waals surface area contributed by atoms with Crippen molar-refractivity contribution in [3.63, 3.8) is 0 Å². The lowest BCUT2D eigenvalue weighted by Gasteiger charge is -2.33. The van der Waals surface area contributed by atoms with Gasteiger partial charge in [-0.15, -0.1) is 0 Å². The maximum Gasteiger partial charge on any atom is 0.410 e. The Labute approximate surface area is 242 Å². The van der Waals surface area contributed by atoms with E-state index in [0.717, 1.165) is 34.7 Å². The Hall–Kier alpha value is -3.77. The third-order valence-electron chi connectivity index (χ3n) is 7.78. The van der Waals surface area contributed by atoms with Crippen molar-refractivity contribution in [1.29, 1.82) is 5.26 Å². The van der Waals surface area contributed by atoms with Crippen LogP contribution in [0.5, 0.6) is 5.75 Å². The van der Waals surface area contributed by atoms with Crippen LogP contribution in [-0.2, 0) is 21.2 Å². The first-order valence-electron chi connectivity index (χ1n) is 14.2. The first-order chi connectivity index (χ1) is 19.5. The van der Waals surface area contributed by atoms with Crippen LogP contribution in [0.25, 0.3) is 10.8 Å². The lowest BCUT2D eigenvalue weighted by molar-refractivity contribution is 0.0165. The highest BCUT2D eigenvalue weighted by molar-refractivity contribution is 7.92. The molecule has 0 spiro atoms. The molecule has 216 valence electrons. The number of carbonyl (C=O) groups excluding carboxylic acids is 1. The lowest BCUT2D eigenvalue weighted by atomic mass is 9.98. The second kappa shape index (κ2) is 11.2. The van der Waals surface area contributed by atoms with E-state index in [1.54, 1.807) is 22.2 Å². The molecule has 0 radical (unpaired) electrons. The number of fused-ring (bicyclic) bond motifs is 2. The minimum Gasteiger partial charge on any atom is -0.493 e. The molecule has 5 rings (SSSR count). The molecule has 0 saturated carbocycles. The quantitative estimate of drug-likeness (QED) is 0.347. The minimum absolute atomic E-state index is 0.00462. The monoisotopic (exact) mass is 575 g/mol. The third kappa shape index (κ3) is 6.28. The van der Waals surface area contributed by atoms with Crippen LogP contribution in [0.3, 0.4) is 0 Å². The number of rotatable bonds is 6. The van der Waals surface area contributed by atoms with Crippen LogP contribution in [0.4, 0.5) is 10.5 Å². The highest BCUT2D eigenvalue weighted by atomic mass is 32.2. The molecular weight excluding hydrogens is 538 g/mol. The lowest BCUT2D eigenvalue weighted by Crippen LogP contribution is -2.42. The average molecular weight is 576 g/mol. The van der Waals surface area contributed by atoms with Crippen LogP contribution in [0, 0.1) is 17.2 Å². The predicted molar refractivity (Wildman–Crippen MR) is 160 cm³/mol. The van der Waals surface area contributed by atoms with Crippen molar-refractivity contribution >= 4 is 32.6 Å². The Balaban J connectivity index is 1.30. The second-order valence-electron chi connectivity index (χ2n) is 11.9. The maximum atomic E-state index is 13.3. The summed E-state index contributed by atoms with van der Waals surface area (Å²) in [5, 5.41) is 11.2. The van der Waals surface area contributed by atoms with E-state index in [1.807, 2.05) is 69.3 Å². The molecule has 1 fully saturated rings. The summed E-state index contributed by atoms with van der Waals surface area (Å²) in [6.45, 7) is 9.08. The molecule has 3 aromatic carbocycles. The molecule has 8 nitrogen and oxygen atoms in total. The van der Waals surface area contributed by atoms with Crippen molar-refractivity contribution in [1.82, 2.24) is 4.90 Å². The molecule has 1 saturated heterocycles. The van der Waals surface area contributed by atoms with E-state index >= 15 is 0 Å². The fourth-order valence-corrected chi connectivity index (χ4v) is 6.93. The number of amides is 1. The summed E-state index contributed by atoms with van der Waals surface area (Å²) in [5.74, 6) is 1.03. The number of likely N-dealkylation sites (tertiary alicyclic amines) is 1. The number of anilines is 1. The summed E-state index contributed by atoms with van der Waals surface area (Å²) in [7, 11) is -3.54. The molecule has 1 unspecified atom stereocenters. The third-order valence-corrected chi connectivity index (χ3v) is 9.56. The van der Waals surface area contributed by atoms with E-state index in [9.17, 15) is 18.5 Å². The number of carbonyl (C=O) groups is 1. The van der Waals surface area contributed by atoms with Gasteiger partial charge in [0.25, 0.3) is 0 Å². The van der Waals surface area contributed by atoms with Gasteiger partial charge in [0, 0.05) is 19.5 Å². The van der Waals surface area contributed by atoms with Gasteiger partial charge in [0.05, 0.1) is 35.7 Å². The zero-order valence-electron chi connectivity index (χ0n) is 24.1. The first-order valence-corrected chi connectivity index (χ1v) is 15.8. The molecule has 3 aromatic rings. The zero-order chi connectivity index (χ0) is 29.4. The van der Waals surface area contributed by atoms with Gasteiger partial charge in [-0.1, -0.05) is 18.2 Å². The fraction of sp³-hybridized carbons (Fsp3) is 0.438. The van der Waals surface area contributed by atoms with Gasteiger partial charge in [-0.2, -0.15) is 5.26 Å². The number of nitriles is 1. The van der Waals surface area contributed by atoms with Crippen LogP contribution >= 0.6 is 0 Å². The molecule has 2 heterocycles. The van der Waals surface area contributed by atoms with Gasteiger partial charge in [0.1, 0.15) is 11.4 Å². The summed E-state index contributed by atoms with van der Waals surface area (Å²) in [6.07, 6.45) is 1.94. The molecule has 0 aliphatic carbocycles. The van der Waals surface area contributed by atoms with Gasteiger partial charge in [-0.25, -0.2) is 13.2 Å². The molecule has 2 aliphatic heterocycles. The molecule has 0 aromatic heterocycles. The van der Waals surface area contributed by atoms with Crippen molar-refractivity contribution in [3.05, 3.63) is 71.3 Å². The number of hydrogen-bond donors (Lipinski definition) is 0. The Kier molecular flexibility index (Phi) is 7.89. The van der Waals surface area contributed by atoms with Crippen LogP contribution in [0.2, 0.25) is 0 Å². The number of sulfonamides is 1. The molecular formula is C32H37N3O5S. The SMILES string of the molecule is CCS(=O)(=O)N1c2ccc(OCC3CCN(C(=O)OC(C)(C)C)CC3)cc2CC1c1ccc2ccc(C#N)cc2c1. The summed E-state index contributed by atoms with van der Waals surface area (Å²) in [4.78, 5) is 14.1. The van der Waals surface area contributed by atoms with Gasteiger partial charge in [-0.3, -0.25) is 4.31 Å². The van der Waals surface area contributed by atoms with Gasteiger partial charge in [0.15, 0.2) is 0 Å². The number of nitrogens with zero attached hydrogens (tertiary/aromatic N) is 3. The topological polar surface area (TPSA) is 99.9 Å². The summed E-state index contributed by atoms with van der Waals surface area (Å²) in [6, 6.07) is 18.9. The number of benzene rings is 3. The molecule has 9 heteroatoms. The highest BCUT2D eigenvalue weighted by Crippen LogP contribution is 2.44. The van der Waals surface area contributed by atoms with Gasteiger partial charge in [0.2, 0.25) is 10.0 Å². The van der Waals surface area contributed by atoms with E-state index < -0.39 is 15.6 Å². The molecule has 41 heavy (non-hydrogen) atoms. The van der Waals surface area contributed by atoms with E-state index in [-0.39, 0.29) is 17.9 Å². The van der Waals surface area contributed by atoms with E-state index in [0.29, 0.717) is 49.0 Å². The summed E-state index contributed by atoms with van der Waals surface area (Å²) >= 11 is 0. The Morgan fingerprint density at radius 3 is 2.44 bits per heavy atom. The molecule has 2 aliphatic rings. The molecule has 1 amide bonds. The second-order valence-corrected chi connectivity index (χ2v) is 14.0. The maximum absolute atomic E-state index is 13.3. The molecule has 1 atom stereocenters. The van der Waals surface area contributed by atoms with Crippen molar-refractivity contribution in [2.45, 2.75) is 58.6 Å². The predicted octanol–water partition coefficient (Wildman–Crippen LogP) is 6.19. The van der Waals surface area contributed by atoms with Gasteiger partial charge in [-0.05, 0) is 105 Å². The van der Waals surface area contributed by atoms with Crippen LogP contribution in [-0.4, -0.2) is 50.5 Å². The largest absolute Gasteiger partial charge is 0.493 e. The number of ether oxygens (including phenoxy) is 2. The summed E-state index contributed by atoms with van der Waals surface area (Å²) in [5.41, 5.74) is 2.56. The van der Waals surface area contributed by atoms with Crippen molar-refractivity contribution < 1.29 is 22.7 Å². The van der Waals surface area contributed by atoms with Crippen molar-refractivity contribution in [3.8, 4) is 11.8 Å². The van der Waals surface area contributed by atoms with Crippen LogP contribution < -0.4 is 9.04 Å². The van der Waals surface area contributed by atoms with Crippen molar-refractivity contribution in [2.75, 3.05) is 29.8 Å². The highest BCUT2D eigenvalue weighted by Gasteiger charge is 2.38. The zero-order valence-corrected chi connectivity index (χ0v) is 24.9. The Morgan fingerprint density at radius 2 is 1.76 bits per heavy atom. The van der Waals surface area contributed by atoms with E-state index in [1.165, 1.54) is 0 Å². The Bertz CT molecular complexity index is 1600. The minimum atomic E-state index is -3.54. The number of hydrogen-bond acceptors (Lipinski definition) is 6. The number of piperidine rings is 1. The van der Waals surface area contributed by atoms with Gasteiger partial charge >= 0.3 is 6.09 Å². The molecule has 0 N–H and O–H groups in total. The molecule has 0 bridgehead atoms. The standard InChI is InChI=1S/C32H37N3O5S/c1-5-41(37,38)35-29-11-10-28(39-21-22-12-14-34(15-13-22)31(36)40-32(2,3)4)18-27(29)19-30(35)25-9-8-24-7-6-23(20-33)16-26(24)17-25/h6-11,16-18,22,30H,5,12-15,19,21H2,1-4H3.